The van der Waals surface area contributed by atoms with Gasteiger partial charge in [0, 0.05) is 0 Å². The summed E-state index contributed by atoms with van der Waals surface area (Å²) in [6.45, 7) is -0.0786. The highest BCUT2D eigenvalue weighted by molar-refractivity contribution is 8.87. The Morgan fingerprint density at radius 2 is 1.28 bits per heavy atom. The minimum Gasteiger partial charge on any atom is -0.509 e. The van der Waals surface area contributed by atoms with Crippen molar-refractivity contribution < 1.29 is 20.6 Å². The molecule has 0 aromatic rings. The van der Waals surface area contributed by atoms with Crippen LogP contribution in [0.5, 0.6) is 0 Å². The van der Waals surface area contributed by atoms with E-state index in [-0.39, 0.29) is 34.9 Å². The lowest BCUT2D eigenvalue weighted by atomic mass is 10.5. The van der Waals surface area contributed by atoms with Crippen LogP contribution in [0.4, 0.5) is 0 Å². The summed E-state index contributed by atoms with van der Waals surface area (Å²) in [6, 6.07) is 0. The molecule has 10 heteroatoms. The molecule has 2 heterocycles. The molecule has 0 spiro atoms. The molecule has 0 saturated carbocycles. The maximum Gasteiger partial charge on any atom is 0.199 e. The summed E-state index contributed by atoms with van der Waals surface area (Å²) in [6.07, 6.45) is 2.47. The Morgan fingerprint density at radius 3 is 1.61 bits per heavy atom. The lowest BCUT2D eigenvalue weighted by molar-refractivity contribution is -0.0119. The van der Waals surface area contributed by atoms with Crippen LogP contribution in [-0.2, 0) is 0 Å². The molecule has 0 aromatic heterocycles. The van der Waals surface area contributed by atoms with E-state index in [1.54, 1.807) is 0 Å². The Kier molecular flexibility index (Phi) is 4.01. The van der Waals surface area contributed by atoms with E-state index in [0.29, 0.717) is 0 Å². The second-order valence-corrected chi connectivity index (χ2v) is 5.41. The van der Waals surface area contributed by atoms with Crippen LogP contribution in [0.25, 0.3) is 0 Å². The predicted molar refractivity (Wildman–Crippen MR) is 68.5 cm³/mol. The van der Waals surface area contributed by atoms with Gasteiger partial charge in [0.1, 0.15) is 24.6 Å². The Bertz CT molecular complexity index is 420. The van der Waals surface area contributed by atoms with Gasteiger partial charge in [0.25, 0.3) is 0 Å². The van der Waals surface area contributed by atoms with Gasteiger partial charge in [0.15, 0.2) is 10.3 Å². The molecule has 0 bridgehead atoms. The average Bonchev–Trinajstić information content (AvgIpc) is 2.30. The van der Waals surface area contributed by atoms with Crippen molar-refractivity contribution in [1.29, 1.82) is 0 Å². The normalized spacial score (nSPS) is 20.1. The minimum absolute atomic E-state index is 0.0393. The van der Waals surface area contributed by atoms with Gasteiger partial charge in [-0.3, -0.25) is 10.4 Å². The fourth-order valence-corrected chi connectivity index (χ4v) is 2.98. The lowest BCUT2D eigenvalue weighted by Crippen LogP contribution is -2.31. The van der Waals surface area contributed by atoms with Gasteiger partial charge in [0.05, 0.1) is 12.4 Å². The van der Waals surface area contributed by atoms with E-state index >= 15 is 0 Å². The molecular weight excluding hydrogens is 280 g/mol. The zero-order valence-corrected chi connectivity index (χ0v) is 10.6. The maximum absolute atomic E-state index is 9.48. The van der Waals surface area contributed by atoms with Crippen LogP contribution in [-0.4, -0.2) is 54.2 Å². The third-order valence-electron chi connectivity index (χ3n) is 1.90. The molecule has 2 aliphatic heterocycles. The minimum atomic E-state index is -0.0431. The molecule has 0 atom stereocenters. The zero-order valence-electron chi connectivity index (χ0n) is 8.96. The van der Waals surface area contributed by atoms with E-state index in [1.807, 2.05) is 0 Å². The van der Waals surface area contributed by atoms with Gasteiger partial charge in [-0.2, -0.15) is 0 Å². The number of aliphatic hydroxyl groups excluding tert-OH is 2. The molecule has 0 aliphatic carbocycles. The quantitative estimate of drug-likeness (QED) is 0.494. The SMILES string of the molecule is OC1=CN=C(SSC2=NC=C(O)CN2O)N(O)C1. The third kappa shape index (κ3) is 3.10. The first-order valence-electron chi connectivity index (χ1n) is 4.75. The fraction of sp³-hybridized carbons (Fsp3) is 0.250. The van der Waals surface area contributed by atoms with Crippen LogP contribution in [0.2, 0.25) is 0 Å². The summed E-state index contributed by atoms with van der Waals surface area (Å²) in [7, 11) is 2.13. The summed E-state index contributed by atoms with van der Waals surface area (Å²) in [5.74, 6) is -0.0861. The highest BCUT2D eigenvalue weighted by Crippen LogP contribution is 2.30. The van der Waals surface area contributed by atoms with Gasteiger partial charge in [0.2, 0.25) is 0 Å². The molecule has 0 unspecified atom stereocenters. The van der Waals surface area contributed by atoms with Gasteiger partial charge in [-0.25, -0.2) is 20.1 Å². The summed E-state index contributed by atoms with van der Waals surface area (Å²) in [5.41, 5.74) is 0. The third-order valence-corrected chi connectivity index (χ3v) is 4.06. The van der Waals surface area contributed by atoms with E-state index in [9.17, 15) is 10.4 Å². The predicted octanol–water partition coefficient (Wildman–Crippen LogP) is 1.29. The van der Waals surface area contributed by atoms with E-state index < -0.39 is 0 Å². The number of hydrogen-bond acceptors (Lipinski definition) is 10. The van der Waals surface area contributed by atoms with Crippen molar-refractivity contribution in [2.75, 3.05) is 13.1 Å². The van der Waals surface area contributed by atoms with E-state index in [1.165, 1.54) is 12.4 Å². The van der Waals surface area contributed by atoms with Gasteiger partial charge >= 0.3 is 0 Å². The second-order valence-electron chi connectivity index (χ2n) is 3.35. The molecular formula is C8H10N4O4S2. The number of hydrogen-bond donors (Lipinski definition) is 4. The summed E-state index contributed by atoms with van der Waals surface area (Å²) >= 11 is 0. The van der Waals surface area contributed by atoms with E-state index in [4.69, 9.17) is 10.2 Å². The van der Waals surface area contributed by atoms with Crippen LogP contribution in [0, 0.1) is 0 Å². The van der Waals surface area contributed by atoms with Crippen molar-refractivity contribution >= 4 is 31.9 Å². The summed E-state index contributed by atoms with van der Waals surface area (Å²) < 4.78 is 0. The van der Waals surface area contributed by atoms with Crippen molar-refractivity contribution in [2.45, 2.75) is 0 Å². The number of hydroxylamine groups is 4. The average molecular weight is 290 g/mol. The van der Waals surface area contributed by atoms with Crippen LogP contribution < -0.4 is 0 Å². The van der Waals surface area contributed by atoms with Crippen molar-refractivity contribution in [3.05, 3.63) is 23.9 Å². The number of aliphatic imine (C=N–C) groups is 2. The summed E-state index contributed by atoms with van der Waals surface area (Å²) in [4.78, 5) is 7.64. The molecule has 2 rings (SSSR count). The number of amidine groups is 2. The van der Waals surface area contributed by atoms with E-state index in [0.717, 1.165) is 31.7 Å². The molecule has 0 aromatic carbocycles. The Balaban J connectivity index is 1.96. The number of nitrogens with zero attached hydrogens (tertiary/aromatic N) is 4. The topological polar surface area (TPSA) is 112 Å². The van der Waals surface area contributed by atoms with Crippen molar-refractivity contribution in [2.24, 2.45) is 9.98 Å². The van der Waals surface area contributed by atoms with Crippen LogP contribution >= 0.6 is 21.6 Å². The van der Waals surface area contributed by atoms with Crippen LogP contribution in [0.3, 0.4) is 0 Å². The number of rotatable bonds is 0. The van der Waals surface area contributed by atoms with Gasteiger partial charge in [-0.15, -0.1) is 0 Å². The van der Waals surface area contributed by atoms with Gasteiger partial charge in [-0.05, 0) is 21.6 Å². The molecule has 4 N–H and O–H groups in total. The van der Waals surface area contributed by atoms with E-state index in [2.05, 4.69) is 9.98 Å². The van der Waals surface area contributed by atoms with Crippen LogP contribution in [0.15, 0.2) is 33.9 Å². The molecule has 0 radical (unpaired) electrons. The molecule has 0 amide bonds. The molecule has 18 heavy (non-hydrogen) atoms. The second kappa shape index (κ2) is 5.52. The van der Waals surface area contributed by atoms with Crippen LogP contribution in [0.1, 0.15) is 0 Å². The Hall–Kier alpha value is -1.36. The van der Waals surface area contributed by atoms with Gasteiger partial charge < -0.3 is 10.2 Å². The molecule has 98 valence electrons. The highest BCUT2D eigenvalue weighted by Gasteiger charge is 2.20. The molecule has 0 fully saturated rings. The zero-order chi connectivity index (χ0) is 13.1. The Morgan fingerprint density at radius 1 is 0.889 bits per heavy atom. The van der Waals surface area contributed by atoms with Crippen molar-refractivity contribution in [3.8, 4) is 0 Å². The van der Waals surface area contributed by atoms with Crippen molar-refractivity contribution in [1.82, 2.24) is 10.1 Å². The first-order valence-corrected chi connectivity index (χ1v) is 6.90. The largest absolute Gasteiger partial charge is 0.509 e. The summed E-state index contributed by atoms with van der Waals surface area (Å²) in [5, 5.41) is 39.3. The number of aliphatic hydroxyl groups is 2. The first-order chi connectivity index (χ1) is 8.56. The standard InChI is InChI=1S/C8H10N4O4S2/c13-5-1-9-7(11(15)3-5)17-18-8-10-2-6(14)4-12(8)16/h1-2,13-16H,3-4H2. The monoisotopic (exact) mass is 290 g/mol. The van der Waals surface area contributed by atoms with Crippen molar-refractivity contribution in [3.63, 3.8) is 0 Å². The molecule has 0 saturated heterocycles. The fourth-order valence-electron chi connectivity index (χ4n) is 1.12. The first kappa shape index (κ1) is 13.1. The Labute approximate surface area is 110 Å². The molecule has 8 nitrogen and oxygen atoms in total. The smallest absolute Gasteiger partial charge is 0.199 e. The molecule has 2 aliphatic rings. The maximum atomic E-state index is 9.48. The van der Waals surface area contributed by atoms with Gasteiger partial charge in [-0.1, -0.05) is 0 Å². The highest BCUT2D eigenvalue weighted by atomic mass is 33.1. The lowest BCUT2D eigenvalue weighted by Gasteiger charge is -2.22.